The molecule has 0 spiro atoms. The first-order valence-corrected chi connectivity index (χ1v) is 6.22. The third kappa shape index (κ3) is 1.84. The lowest BCUT2D eigenvalue weighted by molar-refractivity contribution is 0.214. The third-order valence-corrected chi connectivity index (χ3v) is 4.37. The van der Waals surface area contributed by atoms with E-state index < -0.39 is 0 Å². The van der Waals surface area contributed by atoms with Gasteiger partial charge in [-0.05, 0) is 32.6 Å². The van der Waals surface area contributed by atoms with Gasteiger partial charge in [0, 0.05) is 17.0 Å². The highest BCUT2D eigenvalue weighted by Crippen LogP contribution is 2.30. The van der Waals surface area contributed by atoms with Crippen LogP contribution in [0.3, 0.4) is 0 Å². The van der Waals surface area contributed by atoms with Crippen molar-refractivity contribution >= 4 is 11.3 Å². The van der Waals surface area contributed by atoms with Crippen LogP contribution in [0.1, 0.15) is 43.3 Å². The molecule has 0 saturated heterocycles. The minimum Gasteiger partial charge on any atom is -0.306 e. The molecule has 0 aliphatic heterocycles. The fourth-order valence-electron chi connectivity index (χ4n) is 2.04. The highest BCUT2D eigenvalue weighted by Gasteiger charge is 2.28. The Kier molecular flexibility index (Phi) is 2.88. The van der Waals surface area contributed by atoms with Crippen LogP contribution in [0.5, 0.6) is 0 Å². The maximum Gasteiger partial charge on any atom is 0.0798 e. The van der Waals surface area contributed by atoms with Crippen molar-refractivity contribution in [3.63, 3.8) is 0 Å². The molecule has 0 radical (unpaired) electrons. The summed E-state index contributed by atoms with van der Waals surface area (Å²) in [5.41, 5.74) is 3.12. The fraction of sp³-hybridized carbons (Fsp3) is 0.727. The Morgan fingerprint density at radius 2 is 2.36 bits per heavy atom. The third-order valence-electron chi connectivity index (χ3n) is 3.26. The van der Waals surface area contributed by atoms with Crippen molar-refractivity contribution in [1.82, 2.24) is 10.3 Å². The van der Waals surface area contributed by atoms with Crippen LogP contribution in [-0.4, -0.2) is 11.0 Å². The first kappa shape index (κ1) is 10.1. The normalized spacial score (nSPS) is 28.5. The lowest BCUT2D eigenvalue weighted by Crippen LogP contribution is -2.43. The van der Waals surface area contributed by atoms with E-state index in [0.717, 1.165) is 12.0 Å². The van der Waals surface area contributed by atoms with Crippen LogP contribution in [0.25, 0.3) is 0 Å². The number of nitrogens with zero attached hydrogens (tertiary/aromatic N) is 1. The fourth-order valence-corrected chi connectivity index (χ4v) is 2.86. The Hall–Kier alpha value is -0.410. The molecule has 1 aromatic heterocycles. The van der Waals surface area contributed by atoms with Crippen LogP contribution in [0, 0.1) is 12.8 Å². The maximum absolute atomic E-state index is 4.29. The van der Waals surface area contributed by atoms with Gasteiger partial charge in [0.05, 0.1) is 11.2 Å². The largest absolute Gasteiger partial charge is 0.306 e. The Labute approximate surface area is 89.8 Å². The summed E-state index contributed by atoms with van der Waals surface area (Å²) in [5.74, 6) is 0.852. The maximum atomic E-state index is 4.29. The van der Waals surface area contributed by atoms with E-state index in [1.807, 2.05) is 5.51 Å². The zero-order valence-electron chi connectivity index (χ0n) is 9.08. The predicted molar refractivity (Wildman–Crippen MR) is 60.6 cm³/mol. The van der Waals surface area contributed by atoms with Gasteiger partial charge < -0.3 is 5.32 Å². The van der Waals surface area contributed by atoms with E-state index in [0.29, 0.717) is 6.04 Å². The second-order valence-electron chi connectivity index (χ2n) is 4.35. The summed E-state index contributed by atoms with van der Waals surface area (Å²) in [6, 6.07) is 1.20. The summed E-state index contributed by atoms with van der Waals surface area (Å²) in [6.07, 6.45) is 2.72. The lowest BCUT2D eigenvalue weighted by Gasteiger charge is -2.36. The Bertz CT molecular complexity index is 308. The van der Waals surface area contributed by atoms with E-state index in [2.05, 4.69) is 31.1 Å². The average molecular weight is 210 g/mol. The quantitative estimate of drug-likeness (QED) is 0.829. The van der Waals surface area contributed by atoms with Crippen molar-refractivity contribution in [3.8, 4) is 0 Å². The Morgan fingerprint density at radius 1 is 1.57 bits per heavy atom. The predicted octanol–water partition coefficient (Wildman–Crippen LogP) is 2.90. The second-order valence-corrected chi connectivity index (χ2v) is 5.24. The molecular formula is C11H18N2S. The molecule has 1 aliphatic rings. The van der Waals surface area contributed by atoms with Crippen molar-refractivity contribution in [1.29, 1.82) is 0 Å². The summed E-state index contributed by atoms with van der Waals surface area (Å²) in [5, 5.41) is 3.68. The summed E-state index contributed by atoms with van der Waals surface area (Å²) < 4.78 is 0. The molecule has 2 rings (SSSR count). The number of nitrogens with one attached hydrogen (secondary N) is 1. The van der Waals surface area contributed by atoms with E-state index in [4.69, 9.17) is 0 Å². The molecule has 2 nitrogen and oxygen atoms in total. The number of thiazole rings is 1. The standard InChI is InChI=1S/C11H18N2S/c1-7-4-5-10(7)13-9(3)11-8(2)12-6-14-11/h6-7,9-10,13H,4-5H2,1-3H3. The van der Waals surface area contributed by atoms with E-state index >= 15 is 0 Å². The van der Waals surface area contributed by atoms with Gasteiger partial charge in [-0.15, -0.1) is 11.3 Å². The zero-order chi connectivity index (χ0) is 10.1. The molecule has 3 unspecified atom stereocenters. The first-order valence-electron chi connectivity index (χ1n) is 5.34. The van der Waals surface area contributed by atoms with Gasteiger partial charge >= 0.3 is 0 Å². The van der Waals surface area contributed by atoms with E-state index in [1.54, 1.807) is 11.3 Å². The molecule has 3 heteroatoms. The monoisotopic (exact) mass is 210 g/mol. The van der Waals surface area contributed by atoms with Crippen molar-refractivity contribution < 1.29 is 0 Å². The van der Waals surface area contributed by atoms with Crippen molar-refractivity contribution in [2.24, 2.45) is 5.92 Å². The van der Waals surface area contributed by atoms with Gasteiger partial charge in [-0.3, -0.25) is 0 Å². The molecule has 78 valence electrons. The van der Waals surface area contributed by atoms with Gasteiger partial charge in [-0.1, -0.05) is 6.92 Å². The molecule has 14 heavy (non-hydrogen) atoms. The molecule has 0 amide bonds. The number of rotatable bonds is 3. The molecule has 1 aliphatic carbocycles. The number of hydrogen-bond acceptors (Lipinski definition) is 3. The van der Waals surface area contributed by atoms with Crippen molar-refractivity contribution in [2.45, 2.75) is 45.7 Å². The molecule has 0 aromatic carbocycles. The summed E-state index contributed by atoms with van der Waals surface area (Å²) in [6.45, 7) is 6.66. The topological polar surface area (TPSA) is 24.9 Å². The zero-order valence-corrected chi connectivity index (χ0v) is 9.90. The molecule has 3 atom stereocenters. The van der Waals surface area contributed by atoms with Crippen LogP contribution in [-0.2, 0) is 0 Å². The highest BCUT2D eigenvalue weighted by molar-refractivity contribution is 7.09. The van der Waals surface area contributed by atoms with Crippen LogP contribution in [0.2, 0.25) is 0 Å². The van der Waals surface area contributed by atoms with Crippen LogP contribution < -0.4 is 5.32 Å². The van der Waals surface area contributed by atoms with Crippen LogP contribution in [0.15, 0.2) is 5.51 Å². The Balaban J connectivity index is 1.95. The van der Waals surface area contributed by atoms with E-state index in [9.17, 15) is 0 Å². The van der Waals surface area contributed by atoms with Gasteiger partial charge in [0.2, 0.25) is 0 Å². The van der Waals surface area contributed by atoms with E-state index in [-0.39, 0.29) is 0 Å². The molecule has 1 saturated carbocycles. The highest BCUT2D eigenvalue weighted by atomic mass is 32.1. The molecule has 1 fully saturated rings. The number of hydrogen-bond donors (Lipinski definition) is 1. The SMILES string of the molecule is Cc1ncsc1C(C)NC1CCC1C. The minimum atomic E-state index is 0.468. The molecule has 1 heterocycles. The van der Waals surface area contributed by atoms with Crippen molar-refractivity contribution in [3.05, 3.63) is 16.1 Å². The van der Waals surface area contributed by atoms with Gasteiger partial charge in [-0.25, -0.2) is 4.98 Å². The van der Waals surface area contributed by atoms with Crippen LogP contribution in [0.4, 0.5) is 0 Å². The van der Waals surface area contributed by atoms with Crippen molar-refractivity contribution in [2.75, 3.05) is 0 Å². The smallest absolute Gasteiger partial charge is 0.0798 e. The average Bonchev–Trinajstić information content (AvgIpc) is 2.58. The van der Waals surface area contributed by atoms with Gasteiger partial charge in [-0.2, -0.15) is 0 Å². The first-order chi connectivity index (χ1) is 6.68. The summed E-state index contributed by atoms with van der Waals surface area (Å²) >= 11 is 1.76. The van der Waals surface area contributed by atoms with Crippen LogP contribution >= 0.6 is 11.3 Å². The molecule has 1 N–H and O–H groups in total. The molecule has 1 aromatic rings. The van der Waals surface area contributed by atoms with E-state index in [1.165, 1.54) is 23.4 Å². The Morgan fingerprint density at radius 3 is 2.79 bits per heavy atom. The minimum absolute atomic E-state index is 0.468. The molecule has 0 bridgehead atoms. The number of aromatic nitrogens is 1. The van der Waals surface area contributed by atoms with Gasteiger partial charge in [0.25, 0.3) is 0 Å². The number of aryl methyl sites for hydroxylation is 1. The summed E-state index contributed by atoms with van der Waals surface area (Å²) in [7, 11) is 0. The summed E-state index contributed by atoms with van der Waals surface area (Å²) in [4.78, 5) is 5.68. The van der Waals surface area contributed by atoms with Gasteiger partial charge in [0.1, 0.15) is 0 Å². The second kappa shape index (κ2) is 3.99. The molecular weight excluding hydrogens is 192 g/mol. The van der Waals surface area contributed by atoms with Gasteiger partial charge in [0.15, 0.2) is 0 Å². The lowest BCUT2D eigenvalue weighted by atomic mass is 9.81.